The van der Waals surface area contributed by atoms with Gasteiger partial charge in [-0.2, -0.15) is 0 Å². The zero-order valence-corrected chi connectivity index (χ0v) is 12.0. The molecule has 0 spiro atoms. The Kier molecular flexibility index (Phi) is 6.02. The van der Waals surface area contributed by atoms with Gasteiger partial charge in [-0.05, 0) is 24.1 Å². The Morgan fingerprint density at radius 2 is 2.05 bits per heavy atom. The molecule has 0 fully saturated rings. The molecule has 1 aromatic carbocycles. The Morgan fingerprint density at radius 3 is 2.58 bits per heavy atom. The maximum Gasteiger partial charge on any atom is 0.316 e. The van der Waals surface area contributed by atoms with E-state index in [1.807, 2.05) is 0 Å². The highest BCUT2D eigenvalue weighted by Crippen LogP contribution is 2.22. The number of thioether (sulfide) groups is 1. The standard InChI is InChI=1S/C14H17FO3S/c1-9(2)13(14(17)18-3)12(16)8-19-11-6-4-5-10(15)7-11/h4-7,9,13H,8H2,1-3H3. The van der Waals surface area contributed by atoms with Crippen LogP contribution in [0, 0.1) is 17.7 Å². The van der Waals surface area contributed by atoms with E-state index in [1.54, 1.807) is 26.0 Å². The fourth-order valence-corrected chi connectivity index (χ4v) is 2.56. The van der Waals surface area contributed by atoms with Gasteiger partial charge in [-0.15, -0.1) is 11.8 Å². The molecule has 0 heterocycles. The summed E-state index contributed by atoms with van der Waals surface area (Å²) in [6.07, 6.45) is 0. The number of carbonyl (C=O) groups is 2. The highest BCUT2D eigenvalue weighted by Gasteiger charge is 2.30. The van der Waals surface area contributed by atoms with Crippen LogP contribution >= 0.6 is 11.8 Å². The van der Waals surface area contributed by atoms with Crippen LogP contribution in [0.4, 0.5) is 4.39 Å². The topological polar surface area (TPSA) is 43.4 Å². The first-order valence-electron chi connectivity index (χ1n) is 5.94. The number of esters is 1. The second-order valence-corrected chi connectivity index (χ2v) is 5.51. The first-order chi connectivity index (χ1) is 8.95. The highest BCUT2D eigenvalue weighted by molar-refractivity contribution is 8.00. The smallest absolute Gasteiger partial charge is 0.316 e. The van der Waals surface area contributed by atoms with E-state index in [4.69, 9.17) is 0 Å². The van der Waals surface area contributed by atoms with Crippen LogP contribution in [0.15, 0.2) is 29.2 Å². The normalized spacial score (nSPS) is 12.3. The molecule has 0 aliphatic rings. The number of ether oxygens (including phenoxy) is 1. The zero-order chi connectivity index (χ0) is 14.4. The van der Waals surface area contributed by atoms with E-state index in [2.05, 4.69) is 4.74 Å². The number of benzene rings is 1. The van der Waals surface area contributed by atoms with Crippen molar-refractivity contribution in [2.75, 3.05) is 12.9 Å². The number of halogens is 1. The molecule has 0 bridgehead atoms. The third-order valence-corrected chi connectivity index (χ3v) is 3.66. The first kappa shape index (κ1) is 15.7. The van der Waals surface area contributed by atoms with Gasteiger partial charge < -0.3 is 4.74 Å². The number of hydrogen-bond acceptors (Lipinski definition) is 4. The van der Waals surface area contributed by atoms with E-state index < -0.39 is 11.9 Å². The van der Waals surface area contributed by atoms with Gasteiger partial charge in [0, 0.05) is 4.90 Å². The van der Waals surface area contributed by atoms with Crippen LogP contribution in [0.25, 0.3) is 0 Å². The molecule has 3 nitrogen and oxygen atoms in total. The number of rotatable bonds is 6. The highest BCUT2D eigenvalue weighted by atomic mass is 32.2. The van der Waals surface area contributed by atoms with Crippen molar-refractivity contribution in [3.63, 3.8) is 0 Å². The van der Waals surface area contributed by atoms with Crippen LogP contribution in [0.5, 0.6) is 0 Å². The number of Topliss-reactive ketones (excluding diaryl/α,β-unsaturated/α-hetero) is 1. The van der Waals surface area contributed by atoms with Crippen LogP contribution in [0.3, 0.4) is 0 Å². The largest absolute Gasteiger partial charge is 0.468 e. The summed E-state index contributed by atoms with van der Waals surface area (Å²) in [6.45, 7) is 3.60. The van der Waals surface area contributed by atoms with Gasteiger partial charge in [-0.3, -0.25) is 9.59 Å². The molecule has 0 aliphatic heterocycles. The Hall–Kier alpha value is -1.36. The first-order valence-corrected chi connectivity index (χ1v) is 6.93. The van der Waals surface area contributed by atoms with Crippen molar-refractivity contribution >= 4 is 23.5 Å². The lowest BCUT2D eigenvalue weighted by Gasteiger charge is -2.16. The fraction of sp³-hybridized carbons (Fsp3) is 0.429. The van der Waals surface area contributed by atoms with E-state index >= 15 is 0 Å². The lowest BCUT2D eigenvalue weighted by molar-refractivity contribution is -0.150. The Bertz CT molecular complexity index is 460. The summed E-state index contributed by atoms with van der Waals surface area (Å²) < 4.78 is 17.6. The van der Waals surface area contributed by atoms with Crippen molar-refractivity contribution in [2.24, 2.45) is 11.8 Å². The van der Waals surface area contributed by atoms with Gasteiger partial charge in [0.2, 0.25) is 0 Å². The van der Waals surface area contributed by atoms with Crippen molar-refractivity contribution in [3.05, 3.63) is 30.1 Å². The molecule has 0 saturated heterocycles. The van der Waals surface area contributed by atoms with E-state index in [9.17, 15) is 14.0 Å². The lowest BCUT2D eigenvalue weighted by Crippen LogP contribution is -2.31. The molecule has 0 radical (unpaired) electrons. The second-order valence-electron chi connectivity index (χ2n) is 4.46. The molecule has 0 aliphatic carbocycles. The average Bonchev–Trinajstić information content (AvgIpc) is 2.36. The molecular formula is C14H17FO3S. The Balaban J connectivity index is 2.65. The second kappa shape index (κ2) is 7.28. The van der Waals surface area contributed by atoms with Crippen molar-refractivity contribution in [1.82, 2.24) is 0 Å². The minimum absolute atomic E-state index is 0.118. The molecule has 1 atom stereocenters. The quantitative estimate of drug-likeness (QED) is 0.457. The van der Waals surface area contributed by atoms with E-state index in [0.717, 1.165) is 0 Å². The van der Waals surface area contributed by atoms with Gasteiger partial charge in [0.1, 0.15) is 11.7 Å². The predicted octanol–water partition coefficient (Wildman–Crippen LogP) is 2.93. The predicted molar refractivity (Wildman–Crippen MR) is 72.5 cm³/mol. The summed E-state index contributed by atoms with van der Waals surface area (Å²) in [4.78, 5) is 24.2. The number of hydrogen-bond donors (Lipinski definition) is 0. The monoisotopic (exact) mass is 284 g/mol. The summed E-state index contributed by atoms with van der Waals surface area (Å²) in [5.41, 5.74) is 0. The fourth-order valence-electron chi connectivity index (χ4n) is 1.70. The Labute approximate surface area is 116 Å². The molecule has 104 valence electrons. The van der Waals surface area contributed by atoms with Crippen LogP contribution in [0.1, 0.15) is 13.8 Å². The van der Waals surface area contributed by atoms with Crippen molar-refractivity contribution < 1.29 is 18.7 Å². The van der Waals surface area contributed by atoms with E-state index in [1.165, 1.54) is 31.0 Å². The van der Waals surface area contributed by atoms with E-state index in [0.29, 0.717) is 4.90 Å². The molecule has 0 amide bonds. The molecule has 1 unspecified atom stereocenters. The molecule has 0 aromatic heterocycles. The molecular weight excluding hydrogens is 267 g/mol. The third-order valence-electron chi connectivity index (χ3n) is 2.65. The number of carbonyl (C=O) groups excluding carboxylic acids is 2. The molecule has 0 saturated carbocycles. The molecule has 5 heteroatoms. The van der Waals surface area contributed by atoms with Gasteiger partial charge in [0.25, 0.3) is 0 Å². The molecule has 1 aromatic rings. The minimum Gasteiger partial charge on any atom is -0.468 e. The molecule has 1 rings (SSSR count). The summed E-state index contributed by atoms with van der Waals surface area (Å²) in [6, 6.07) is 6.02. The SMILES string of the molecule is COC(=O)C(C(=O)CSc1cccc(F)c1)C(C)C. The van der Waals surface area contributed by atoms with Crippen LogP contribution < -0.4 is 0 Å². The van der Waals surface area contributed by atoms with Gasteiger partial charge >= 0.3 is 5.97 Å². The lowest BCUT2D eigenvalue weighted by atomic mass is 9.92. The van der Waals surface area contributed by atoms with Crippen LogP contribution in [-0.4, -0.2) is 24.6 Å². The summed E-state index contributed by atoms with van der Waals surface area (Å²) >= 11 is 1.22. The number of methoxy groups -OCH3 is 1. The Morgan fingerprint density at radius 1 is 1.37 bits per heavy atom. The van der Waals surface area contributed by atoms with Crippen molar-refractivity contribution in [2.45, 2.75) is 18.7 Å². The van der Waals surface area contributed by atoms with Gasteiger partial charge in [0.05, 0.1) is 12.9 Å². The molecule has 19 heavy (non-hydrogen) atoms. The zero-order valence-electron chi connectivity index (χ0n) is 11.2. The van der Waals surface area contributed by atoms with Gasteiger partial charge in [-0.25, -0.2) is 4.39 Å². The van der Waals surface area contributed by atoms with Crippen LogP contribution in [0.2, 0.25) is 0 Å². The maximum absolute atomic E-state index is 13.0. The van der Waals surface area contributed by atoms with Crippen molar-refractivity contribution in [1.29, 1.82) is 0 Å². The average molecular weight is 284 g/mol. The summed E-state index contributed by atoms with van der Waals surface area (Å²) in [5.74, 6) is -1.80. The third kappa shape index (κ3) is 4.67. The van der Waals surface area contributed by atoms with Gasteiger partial charge in [-0.1, -0.05) is 19.9 Å². The summed E-state index contributed by atoms with van der Waals surface area (Å²) in [5, 5.41) is 0. The molecule has 0 N–H and O–H groups in total. The van der Waals surface area contributed by atoms with Gasteiger partial charge in [0.15, 0.2) is 5.78 Å². The maximum atomic E-state index is 13.0. The number of ketones is 1. The van der Waals surface area contributed by atoms with Crippen LogP contribution in [-0.2, 0) is 14.3 Å². The minimum atomic E-state index is -0.758. The van der Waals surface area contributed by atoms with E-state index in [-0.39, 0.29) is 23.3 Å². The summed E-state index contributed by atoms with van der Waals surface area (Å²) in [7, 11) is 1.27. The van der Waals surface area contributed by atoms with Crippen molar-refractivity contribution in [3.8, 4) is 0 Å².